The first-order valence-electron chi connectivity index (χ1n) is 6.42. The van der Waals surface area contributed by atoms with Gasteiger partial charge in [-0.3, -0.25) is 0 Å². The maximum Gasteiger partial charge on any atom is 0.161 e. The summed E-state index contributed by atoms with van der Waals surface area (Å²) in [5.74, 6) is 1.97. The molecule has 2 aliphatic rings. The average molecular weight is 234 g/mol. The largest absolute Gasteiger partial charge is 0.486 e. The Morgan fingerprint density at radius 1 is 1.06 bits per heavy atom. The van der Waals surface area contributed by atoms with Gasteiger partial charge in [0.15, 0.2) is 11.5 Å². The van der Waals surface area contributed by atoms with Crippen molar-refractivity contribution in [1.82, 2.24) is 0 Å². The van der Waals surface area contributed by atoms with Gasteiger partial charge in [0.25, 0.3) is 0 Å². The summed E-state index contributed by atoms with van der Waals surface area (Å²) in [6.45, 7) is 1.20. The quantitative estimate of drug-likeness (QED) is 0.855. The molecule has 1 fully saturated rings. The van der Waals surface area contributed by atoms with Crippen LogP contribution in [-0.4, -0.2) is 18.3 Å². The summed E-state index contributed by atoms with van der Waals surface area (Å²) >= 11 is 0. The summed E-state index contributed by atoms with van der Waals surface area (Å²) in [6.07, 6.45) is 4.40. The summed E-state index contributed by atoms with van der Waals surface area (Å²) in [4.78, 5) is 0. The molecule has 3 heteroatoms. The molecular formula is C14H18O3. The SMILES string of the molecule is OC(c1ccc2c(c1)OCCO2)C1CCCC1. The van der Waals surface area contributed by atoms with Crippen molar-refractivity contribution in [2.24, 2.45) is 5.92 Å². The van der Waals surface area contributed by atoms with E-state index in [9.17, 15) is 5.11 Å². The molecular weight excluding hydrogens is 216 g/mol. The van der Waals surface area contributed by atoms with Crippen molar-refractivity contribution in [3.05, 3.63) is 23.8 Å². The van der Waals surface area contributed by atoms with Crippen LogP contribution < -0.4 is 9.47 Å². The van der Waals surface area contributed by atoms with Crippen molar-refractivity contribution in [3.63, 3.8) is 0 Å². The van der Waals surface area contributed by atoms with Gasteiger partial charge in [-0.25, -0.2) is 0 Å². The Morgan fingerprint density at radius 2 is 1.76 bits per heavy atom. The van der Waals surface area contributed by atoms with Crippen LogP contribution >= 0.6 is 0 Å². The van der Waals surface area contributed by atoms with Crippen LogP contribution in [-0.2, 0) is 0 Å². The first-order valence-corrected chi connectivity index (χ1v) is 6.42. The van der Waals surface area contributed by atoms with Gasteiger partial charge in [0.1, 0.15) is 13.2 Å². The van der Waals surface area contributed by atoms with Gasteiger partial charge >= 0.3 is 0 Å². The third-order valence-electron chi connectivity index (χ3n) is 3.75. The molecule has 1 saturated carbocycles. The van der Waals surface area contributed by atoms with Gasteiger partial charge in [-0.05, 0) is 36.5 Å². The molecule has 0 saturated heterocycles. The van der Waals surface area contributed by atoms with E-state index in [2.05, 4.69) is 0 Å². The fourth-order valence-corrected chi connectivity index (χ4v) is 2.79. The van der Waals surface area contributed by atoms with Gasteiger partial charge in [-0.2, -0.15) is 0 Å². The van der Waals surface area contributed by atoms with E-state index >= 15 is 0 Å². The van der Waals surface area contributed by atoms with Crippen molar-refractivity contribution < 1.29 is 14.6 Å². The normalized spacial score (nSPS) is 21.5. The second-order valence-electron chi connectivity index (χ2n) is 4.89. The molecule has 3 nitrogen and oxygen atoms in total. The van der Waals surface area contributed by atoms with E-state index in [1.54, 1.807) is 0 Å². The van der Waals surface area contributed by atoms with Crippen LogP contribution in [0.5, 0.6) is 11.5 Å². The van der Waals surface area contributed by atoms with Crippen LogP contribution in [0.3, 0.4) is 0 Å². The molecule has 1 aromatic carbocycles. The molecule has 1 atom stereocenters. The van der Waals surface area contributed by atoms with Gasteiger partial charge < -0.3 is 14.6 Å². The first-order chi connectivity index (χ1) is 8.34. The number of hydrogen-bond donors (Lipinski definition) is 1. The Bertz CT molecular complexity index is 396. The zero-order valence-corrected chi connectivity index (χ0v) is 9.89. The number of fused-ring (bicyclic) bond motifs is 1. The molecule has 17 heavy (non-hydrogen) atoms. The molecule has 1 aromatic rings. The molecule has 0 spiro atoms. The third-order valence-corrected chi connectivity index (χ3v) is 3.75. The third kappa shape index (κ3) is 2.12. The second-order valence-corrected chi connectivity index (χ2v) is 4.89. The van der Waals surface area contributed by atoms with Crippen LogP contribution in [0.25, 0.3) is 0 Å². The summed E-state index contributed by atoms with van der Waals surface area (Å²) in [5.41, 5.74) is 0.959. The van der Waals surface area contributed by atoms with Crippen LogP contribution in [0.15, 0.2) is 18.2 Å². The Kier molecular flexibility index (Phi) is 2.93. The first kappa shape index (κ1) is 10.9. The molecule has 0 amide bonds. The van der Waals surface area contributed by atoms with E-state index in [1.165, 1.54) is 12.8 Å². The van der Waals surface area contributed by atoms with Gasteiger partial charge in [0.05, 0.1) is 6.10 Å². The molecule has 1 aliphatic carbocycles. The number of benzene rings is 1. The predicted octanol–water partition coefficient (Wildman–Crippen LogP) is 2.68. The maximum atomic E-state index is 10.3. The minimum atomic E-state index is -0.353. The number of aliphatic hydroxyl groups excluding tert-OH is 1. The lowest BCUT2D eigenvalue weighted by Crippen LogP contribution is -2.16. The fraction of sp³-hybridized carbons (Fsp3) is 0.571. The predicted molar refractivity (Wildman–Crippen MR) is 64.3 cm³/mol. The topological polar surface area (TPSA) is 38.7 Å². The number of aliphatic hydroxyl groups is 1. The molecule has 0 radical (unpaired) electrons. The van der Waals surface area contributed by atoms with Crippen LogP contribution in [0.4, 0.5) is 0 Å². The summed E-state index contributed by atoms with van der Waals surface area (Å²) in [7, 11) is 0. The molecule has 1 unspecified atom stereocenters. The Labute approximate surface area is 101 Å². The Hall–Kier alpha value is -1.22. The van der Waals surface area contributed by atoms with Crippen LogP contribution in [0.1, 0.15) is 37.4 Å². The minimum absolute atomic E-state index is 0.353. The van der Waals surface area contributed by atoms with Gasteiger partial charge in [-0.1, -0.05) is 18.9 Å². The minimum Gasteiger partial charge on any atom is -0.486 e. The summed E-state index contributed by atoms with van der Waals surface area (Å²) < 4.78 is 11.0. The smallest absolute Gasteiger partial charge is 0.161 e. The van der Waals surface area contributed by atoms with Crippen molar-refractivity contribution in [3.8, 4) is 11.5 Å². The molecule has 0 aromatic heterocycles. The molecule has 92 valence electrons. The Morgan fingerprint density at radius 3 is 2.53 bits per heavy atom. The number of hydrogen-bond acceptors (Lipinski definition) is 3. The standard InChI is InChI=1S/C14H18O3/c15-14(10-3-1-2-4-10)11-5-6-12-13(9-11)17-8-7-16-12/h5-6,9-10,14-15H,1-4,7-8H2. The molecule has 0 bridgehead atoms. The van der Waals surface area contributed by atoms with Gasteiger partial charge in [0, 0.05) is 0 Å². The van der Waals surface area contributed by atoms with E-state index in [-0.39, 0.29) is 6.10 Å². The van der Waals surface area contributed by atoms with Crippen molar-refractivity contribution >= 4 is 0 Å². The van der Waals surface area contributed by atoms with Gasteiger partial charge in [-0.15, -0.1) is 0 Å². The molecule has 1 heterocycles. The van der Waals surface area contributed by atoms with E-state index in [4.69, 9.17) is 9.47 Å². The highest BCUT2D eigenvalue weighted by atomic mass is 16.6. The monoisotopic (exact) mass is 234 g/mol. The summed E-state index contributed by atoms with van der Waals surface area (Å²) in [5, 5.41) is 10.3. The molecule has 3 rings (SSSR count). The van der Waals surface area contributed by atoms with Gasteiger partial charge in [0.2, 0.25) is 0 Å². The zero-order chi connectivity index (χ0) is 11.7. The number of rotatable bonds is 2. The summed E-state index contributed by atoms with van der Waals surface area (Å²) in [6, 6.07) is 5.79. The lowest BCUT2D eigenvalue weighted by atomic mass is 9.94. The van der Waals surface area contributed by atoms with Crippen molar-refractivity contribution in [1.29, 1.82) is 0 Å². The molecule has 1 N–H and O–H groups in total. The van der Waals surface area contributed by atoms with Crippen molar-refractivity contribution in [2.45, 2.75) is 31.8 Å². The van der Waals surface area contributed by atoms with Crippen LogP contribution in [0.2, 0.25) is 0 Å². The van der Waals surface area contributed by atoms with E-state index in [0.29, 0.717) is 19.1 Å². The highest BCUT2D eigenvalue weighted by Crippen LogP contribution is 2.39. The lowest BCUT2D eigenvalue weighted by Gasteiger charge is -2.22. The van der Waals surface area contributed by atoms with Crippen LogP contribution in [0, 0.1) is 5.92 Å². The van der Waals surface area contributed by atoms with E-state index in [1.807, 2.05) is 18.2 Å². The lowest BCUT2D eigenvalue weighted by molar-refractivity contribution is 0.110. The van der Waals surface area contributed by atoms with E-state index < -0.39 is 0 Å². The van der Waals surface area contributed by atoms with Crippen molar-refractivity contribution in [2.75, 3.05) is 13.2 Å². The fourth-order valence-electron chi connectivity index (χ4n) is 2.79. The average Bonchev–Trinajstić information content (AvgIpc) is 2.91. The highest BCUT2D eigenvalue weighted by Gasteiger charge is 2.25. The zero-order valence-electron chi connectivity index (χ0n) is 9.89. The van der Waals surface area contributed by atoms with E-state index in [0.717, 1.165) is 29.9 Å². The number of ether oxygens (including phenoxy) is 2. The molecule has 1 aliphatic heterocycles. The highest BCUT2D eigenvalue weighted by molar-refractivity contribution is 5.44. The Balaban J connectivity index is 1.82. The second kappa shape index (κ2) is 4.57. The maximum absolute atomic E-state index is 10.3.